The summed E-state index contributed by atoms with van der Waals surface area (Å²) in [5.74, 6) is 1.80. The first kappa shape index (κ1) is 20.1. The van der Waals surface area contributed by atoms with Gasteiger partial charge in [0, 0.05) is 0 Å². The van der Waals surface area contributed by atoms with Crippen molar-refractivity contribution in [2.24, 2.45) is 23.2 Å². The SMILES string of the molecule is CC(F)C[C@@H]1[C@H]2[C@H]3[C@H](CC[C@]2(C)C[C@H]1O)c1ccc(O)cc1C[C@H]3c1ccccc1. The Bertz CT molecular complexity index is 910. The van der Waals surface area contributed by atoms with Crippen LogP contribution in [0.15, 0.2) is 48.5 Å². The molecular formula is C27H33FO2. The molecular weight excluding hydrogens is 375 g/mol. The highest BCUT2D eigenvalue weighted by atomic mass is 19.1. The van der Waals surface area contributed by atoms with Gasteiger partial charge >= 0.3 is 0 Å². The molecule has 3 aliphatic rings. The maximum Gasteiger partial charge on any atom is 0.115 e. The van der Waals surface area contributed by atoms with Crippen molar-refractivity contribution >= 4 is 0 Å². The number of benzene rings is 2. The fourth-order valence-electron chi connectivity index (χ4n) is 7.58. The van der Waals surface area contributed by atoms with Crippen molar-refractivity contribution in [2.45, 2.75) is 70.1 Å². The van der Waals surface area contributed by atoms with E-state index < -0.39 is 12.3 Å². The molecule has 2 fully saturated rings. The van der Waals surface area contributed by atoms with Gasteiger partial charge in [-0.05, 0) is 103 Å². The second kappa shape index (κ2) is 7.37. The van der Waals surface area contributed by atoms with Crippen molar-refractivity contribution in [2.75, 3.05) is 0 Å². The molecule has 3 aliphatic carbocycles. The third kappa shape index (κ3) is 3.17. The number of aliphatic hydroxyl groups excluding tert-OH is 1. The maximum absolute atomic E-state index is 14.2. The van der Waals surface area contributed by atoms with Crippen LogP contribution in [-0.2, 0) is 6.42 Å². The first-order chi connectivity index (χ1) is 14.4. The van der Waals surface area contributed by atoms with Crippen LogP contribution in [-0.4, -0.2) is 22.5 Å². The van der Waals surface area contributed by atoms with Gasteiger partial charge in [0.15, 0.2) is 0 Å². The highest BCUT2D eigenvalue weighted by Gasteiger charge is 2.59. The average Bonchev–Trinajstić information content (AvgIpc) is 2.96. The minimum atomic E-state index is -0.893. The molecule has 3 heteroatoms. The number of phenols is 1. The highest BCUT2D eigenvalue weighted by Crippen LogP contribution is 2.66. The number of hydrogen-bond acceptors (Lipinski definition) is 2. The van der Waals surface area contributed by atoms with Crippen molar-refractivity contribution in [1.29, 1.82) is 0 Å². The zero-order valence-electron chi connectivity index (χ0n) is 18.0. The average molecular weight is 409 g/mol. The van der Waals surface area contributed by atoms with E-state index in [4.69, 9.17) is 0 Å². The second-order valence-corrected chi connectivity index (χ2v) is 10.5. The summed E-state index contributed by atoms with van der Waals surface area (Å²) in [6.07, 6.45) is 3.02. The Hall–Kier alpha value is -1.87. The number of rotatable bonds is 3. The lowest BCUT2D eigenvalue weighted by Crippen LogP contribution is -2.46. The maximum atomic E-state index is 14.2. The Kier molecular flexibility index (Phi) is 4.93. The van der Waals surface area contributed by atoms with E-state index in [9.17, 15) is 14.6 Å². The molecule has 0 aliphatic heterocycles. The van der Waals surface area contributed by atoms with Crippen LogP contribution in [0.25, 0.3) is 0 Å². The lowest BCUT2D eigenvalue weighted by Gasteiger charge is -2.54. The predicted molar refractivity (Wildman–Crippen MR) is 117 cm³/mol. The number of aromatic hydroxyl groups is 1. The molecule has 8 atom stereocenters. The number of hydrogen-bond donors (Lipinski definition) is 2. The molecule has 160 valence electrons. The lowest BCUT2D eigenvalue weighted by atomic mass is 9.50. The summed E-state index contributed by atoms with van der Waals surface area (Å²) in [6, 6.07) is 16.6. The number of fused-ring (bicyclic) bond motifs is 5. The molecule has 30 heavy (non-hydrogen) atoms. The molecule has 0 radical (unpaired) electrons. The van der Waals surface area contributed by atoms with E-state index in [2.05, 4.69) is 43.3 Å². The Morgan fingerprint density at radius 2 is 1.90 bits per heavy atom. The van der Waals surface area contributed by atoms with E-state index in [1.165, 1.54) is 16.7 Å². The number of halogens is 1. The Morgan fingerprint density at radius 1 is 1.13 bits per heavy atom. The predicted octanol–water partition coefficient (Wildman–Crippen LogP) is 5.98. The third-order valence-corrected chi connectivity index (χ3v) is 8.60. The molecule has 0 saturated heterocycles. The molecule has 1 unspecified atom stereocenters. The van der Waals surface area contributed by atoms with E-state index in [-0.39, 0.29) is 11.3 Å². The zero-order valence-corrected chi connectivity index (χ0v) is 18.0. The van der Waals surface area contributed by atoms with E-state index in [1.54, 1.807) is 6.92 Å². The summed E-state index contributed by atoms with van der Waals surface area (Å²) in [6.45, 7) is 3.98. The molecule has 0 aromatic heterocycles. The van der Waals surface area contributed by atoms with Crippen molar-refractivity contribution in [3.8, 4) is 5.75 Å². The van der Waals surface area contributed by atoms with E-state index in [0.29, 0.717) is 35.8 Å². The van der Waals surface area contributed by atoms with Crippen molar-refractivity contribution in [3.05, 3.63) is 65.2 Å². The van der Waals surface area contributed by atoms with Crippen LogP contribution in [0.3, 0.4) is 0 Å². The van der Waals surface area contributed by atoms with Crippen LogP contribution in [0, 0.1) is 23.2 Å². The number of alkyl halides is 1. The first-order valence-electron chi connectivity index (χ1n) is 11.6. The lowest BCUT2D eigenvalue weighted by molar-refractivity contribution is 0.00846. The van der Waals surface area contributed by atoms with Crippen LogP contribution in [0.4, 0.5) is 4.39 Å². The van der Waals surface area contributed by atoms with Gasteiger partial charge in [-0.1, -0.05) is 43.3 Å². The summed E-state index contributed by atoms with van der Waals surface area (Å²) < 4.78 is 14.2. The first-order valence-corrected chi connectivity index (χ1v) is 11.6. The Morgan fingerprint density at radius 3 is 2.63 bits per heavy atom. The van der Waals surface area contributed by atoms with Gasteiger partial charge in [-0.25, -0.2) is 4.39 Å². The van der Waals surface area contributed by atoms with Gasteiger partial charge in [-0.15, -0.1) is 0 Å². The topological polar surface area (TPSA) is 40.5 Å². The molecule has 0 bridgehead atoms. The molecule has 2 nitrogen and oxygen atoms in total. The Balaban J connectivity index is 1.64. The van der Waals surface area contributed by atoms with E-state index in [0.717, 1.165) is 25.7 Å². The van der Waals surface area contributed by atoms with Gasteiger partial charge in [-0.2, -0.15) is 0 Å². The second-order valence-electron chi connectivity index (χ2n) is 10.5. The van der Waals surface area contributed by atoms with Gasteiger partial charge in [0.05, 0.1) is 12.3 Å². The smallest absolute Gasteiger partial charge is 0.115 e. The highest BCUT2D eigenvalue weighted by molar-refractivity contribution is 5.43. The molecule has 5 rings (SSSR count). The van der Waals surface area contributed by atoms with Gasteiger partial charge in [-0.3, -0.25) is 0 Å². The Labute approximate surface area is 179 Å². The minimum absolute atomic E-state index is 0.0210. The molecule has 2 aromatic carbocycles. The monoisotopic (exact) mass is 408 g/mol. The summed E-state index contributed by atoms with van der Waals surface area (Å²) in [4.78, 5) is 0. The number of aliphatic hydroxyl groups is 1. The van der Waals surface area contributed by atoms with Crippen LogP contribution in [0.5, 0.6) is 5.75 Å². The third-order valence-electron chi connectivity index (χ3n) is 8.60. The molecule has 0 spiro atoms. The molecule has 0 heterocycles. The fourth-order valence-corrected chi connectivity index (χ4v) is 7.58. The quantitative estimate of drug-likeness (QED) is 0.656. The van der Waals surface area contributed by atoms with E-state index >= 15 is 0 Å². The van der Waals surface area contributed by atoms with Crippen molar-refractivity contribution in [1.82, 2.24) is 0 Å². The summed E-state index contributed by atoms with van der Waals surface area (Å²) in [7, 11) is 0. The summed E-state index contributed by atoms with van der Waals surface area (Å²) in [5.41, 5.74) is 4.02. The van der Waals surface area contributed by atoms with Crippen molar-refractivity contribution < 1.29 is 14.6 Å². The van der Waals surface area contributed by atoms with Gasteiger partial charge in [0.2, 0.25) is 0 Å². The molecule has 2 aromatic rings. The number of phenolic OH excluding ortho intramolecular Hbond substituents is 1. The van der Waals surface area contributed by atoms with Crippen molar-refractivity contribution in [3.63, 3.8) is 0 Å². The summed E-state index contributed by atoms with van der Waals surface area (Å²) >= 11 is 0. The largest absolute Gasteiger partial charge is 0.508 e. The van der Waals surface area contributed by atoms with E-state index in [1.807, 2.05) is 12.1 Å². The van der Waals surface area contributed by atoms with Crippen LogP contribution < -0.4 is 0 Å². The molecule has 0 amide bonds. The van der Waals surface area contributed by atoms with Crippen LogP contribution >= 0.6 is 0 Å². The normalized spacial score (nSPS) is 38.4. The molecule has 2 saturated carbocycles. The van der Waals surface area contributed by atoms with Gasteiger partial charge in [0.25, 0.3) is 0 Å². The standard InChI is InChI=1S/C27H33FO2/c1-16(28)12-23-24(30)15-27(2)11-10-21-20-9-8-19(29)13-18(20)14-22(25(21)26(23)27)17-6-4-3-5-7-17/h3-9,13,16,21-26,29-30H,10-12,14-15H2,1-2H3/t16?,21-,22+,23+,24-,25+,26+,27-/m1/s1. The van der Waals surface area contributed by atoms with Gasteiger partial charge in [0.1, 0.15) is 5.75 Å². The summed E-state index contributed by atoms with van der Waals surface area (Å²) in [5, 5.41) is 21.1. The van der Waals surface area contributed by atoms with Gasteiger partial charge < -0.3 is 10.2 Å². The van der Waals surface area contributed by atoms with Crippen LogP contribution in [0.2, 0.25) is 0 Å². The van der Waals surface area contributed by atoms with Crippen LogP contribution in [0.1, 0.15) is 68.1 Å². The molecule has 2 N–H and O–H groups in total. The minimum Gasteiger partial charge on any atom is -0.508 e. The fraction of sp³-hybridized carbons (Fsp3) is 0.556. The zero-order chi connectivity index (χ0) is 21.0.